The van der Waals surface area contributed by atoms with Crippen molar-refractivity contribution in [1.29, 1.82) is 0 Å². The lowest BCUT2D eigenvalue weighted by Crippen LogP contribution is -2.46. The van der Waals surface area contributed by atoms with Crippen molar-refractivity contribution in [2.45, 2.75) is 26.8 Å². The van der Waals surface area contributed by atoms with Crippen LogP contribution in [0.5, 0.6) is 0 Å². The van der Waals surface area contributed by atoms with Crippen LogP contribution in [0, 0.1) is 5.92 Å². The summed E-state index contributed by atoms with van der Waals surface area (Å²) in [5.41, 5.74) is 0. The molecular formula is C17H31IN4OS. The third-order valence-corrected chi connectivity index (χ3v) is 4.75. The van der Waals surface area contributed by atoms with Crippen molar-refractivity contribution in [2.24, 2.45) is 10.9 Å². The Morgan fingerprint density at radius 1 is 1.33 bits per heavy atom. The van der Waals surface area contributed by atoms with Crippen LogP contribution in [-0.2, 0) is 4.74 Å². The van der Waals surface area contributed by atoms with Crippen LogP contribution in [0.1, 0.15) is 31.7 Å². The molecule has 0 bridgehead atoms. The van der Waals surface area contributed by atoms with Crippen molar-refractivity contribution in [2.75, 3.05) is 45.9 Å². The number of aliphatic imine (C=N–C) groups is 1. The molecule has 1 aromatic rings. The van der Waals surface area contributed by atoms with Gasteiger partial charge in [0.2, 0.25) is 0 Å². The molecule has 2 rings (SSSR count). The maximum atomic E-state index is 5.50. The van der Waals surface area contributed by atoms with E-state index >= 15 is 0 Å². The molecule has 1 aromatic heterocycles. The minimum Gasteiger partial charge on any atom is -0.379 e. The summed E-state index contributed by atoms with van der Waals surface area (Å²) >= 11 is 1.83. The monoisotopic (exact) mass is 466 g/mol. The second kappa shape index (κ2) is 12.1. The van der Waals surface area contributed by atoms with Crippen LogP contribution in [0.3, 0.4) is 0 Å². The van der Waals surface area contributed by atoms with Crippen molar-refractivity contribution < 1.29 is 4.74 Å². The highest BCUT2D eigenvalue weighted by molar-refractivity contribution is 14.0. The fourth-order valence-electron chi connectivity index (χ4n) is 2.59. The molecule has 1 atom stereocenters. The quantitative estimate of drug-likeness (QED) is 0.369. The van der Waals surface area contributed by atoms with E-state index in [0.29, 0.717) is 12.0 Å². The number of morpholine rings is 1. The Labute approximate surface area is 167 Å². The lowest BCUT2D eigenvalue weighted by atomic mass is 10.2. The van der Waals surface area contributed by atoms with E-state index in [9.17, 15) is 0 Å². The number of nitrogens with one attached hydrogen (secondary N) is 2. The average Bonchev–Trinajstić information content (AvgIpc) is 3.08. The van der Waals surface area contributed by atoms with Gasteiger partial charge < -0.3 is 15.4 Å². The van der Waals surface area contributed by atoms with Gasteiger partial charge in [-0.3, -0.25) is 9.89 Å². The van der Waals surface area contributed by atoms with Crippen LogP contribution >= 0.6 is 35.3 Å². The van der Waals surface area contributed by atoms with Crippen molar-refractivity contribution in [3.8, 4) is 0 Å². The summed E-state index contributed by atoms with van der Waals surface area (Å²) in [6, 6.07) is 4.73. The molecule has 1 saturated heterocycles. The van der Waals surface area contributed by atoms with E-state index in [1.807, 2.05) is 11.3 Å². The second-order valence-corrected chi connectivity index (χ2v) is 7.15. The molecular weight excluding hydrogens is 435 g/mol. The van der Waals surface area contributed by atoms with Gasteiger partial charge in [0.1, 0.15) is 0 Å². The highest BCUT2D eigenvalue weighted by Gasteiger charge is 2.23. The molecule has 1 fully saturated rings. The molecule has 0 radical (unpaired) electrons. The van der Waals surface area contributed by atoms with Crippen LogP contribution in [0.15, 0.2) is 22.5 Å². The lowest BCUT2D eigenvalue weighted by Gasteiger charge is -2.34. The Balaban J connectivity index is 0.00000288. The van der Waals surface area contributed by atoms with Crippen molar-refractivity contribution in [1.82, 2.24) is 15.5 Å². The average molecular weight is 466 g/mol. The molecule has 0 spiro atoms. The van der Waals surface area contributed by atoms with E-state index < -0.39 is 0 Å². The van der Waals surface area contributed by atoms with Gasteiger partial charge in [-0.1, -0.05) is 19.9 Å². The second-order valence-electron chi connectivity index (χ2n) is 6.17. The van der Waals surface area contributed by atoms with Gasteiger partial charge >= 0.3 is 0 Å². The SMILES string of the molecule is CCNC(=NCC(C)C)NCC(c1cccs1)N1CCOCC1.I. The number of guanidine groups is 1. The van der Waals surface area contributed by atoms with Crippen LogP contribution in [0.4, 0.5) is 0 Å². The topological polar surface area (TPSA) is 48.9 Å². The number of hydrogen-bond donors (Lipinski definition) is 2. The van der Waals surface area contributed by atoms with Crippen molar-refractivity contribution in [3.05, 3.63) is 22.4 Å². The van der Waals surface area contributed by atoms with E-state index in [4.69, 9.17) is 4.74 Å². The fraction of sp³-hybridized carbons (Fsp3) is 0.706. The zero-order valence-electron chi connectivity index (χ0n) is 15.0. The third kappa shape index (κ3) is 7.25. The molecule has 138 valence electrons. The van der Waals surface area contributed by atoms with Gasteiger partial charge in [0.15, 0.2) is 5.96 Å². The molecule has 0 aromatic carbocycles. The summed E-state index contributed by atoms with van der Waals surface area (Å²) in [4.78, 5) is 8.58. The fourth-order valence-corrected chi connectivity index (χ4v) is 3.45. The molecule has 2 N–H and O–H groups in total. The molecule has 1 aliphatic rings. The highest BCUT2D eigenvalue weighted by Crippen LogP contribution is 2.25. The highest BCUT2D eigenvalue weighted by atomic mass is 127. The number of ether oxygens (including phenoxy) is 1. The minimum absolute atomic E-state index is 0. The van der Waals surface area contributed by atoms with Gasteiger partial charge in [-0.05, 0) is 24.3 Å². The Hall–Kier alpha value is -0.380. The Kier molecular flexibility index (Phi) is 10.9. The zero-order chi connectivity index (χ0) is 16.5. The minimum atomic E-state index is 0. The van der Waals surface area contributed by atoms with Gasteiger partial charge in [-0.2, -0.15) is 0 Å². The first-order valence-electron chi connectivity index (χ1n) is 8.58. The molecule has 7 heteroatoms. The number of thiophene rings is 1. The van der Waals surface area contributed by atoms with Crippen LogP contribution in [-0.4, -0.2) is 56.8 Å². The van der Waals surface area contributed by atoms with E-state index in [2.05, 4.69) is 58.8 Å². The van der Waals surface area contributed by atoms with E-state index in [1.165, 1.54) is 4.88 Å². The summed E-state index contributed by atoms with van der Waals surface area (Å²) in [7, 11) is 0. The number of halogens is 1. The largest absolute Gasteiger partial charge is 0.379 e. The number of rotatable bonds is 7. The lowest BCUT2D eigenvalue weighted by molar-refractivity contribution is 0.0177. The first-order chi connectivity index (χ1) is 11.2. The molecule has 1 aliphatic heterocycles. The summed E-state index contributed by atoms with van der Waals surface area (Å²) in [6.07, 6.45) is 0. The smallest absolute Gasteiger partial charge is 0.191 e. The van der Waals surface area contributed by atoms with E-state index in [1.54, 1.807) is 0 Å². The van der Waals surface area contributed by atoms with Gasteiger partial charge in [-0.15, -0.1) is 35.3 Å². The Morgan fingerprint density at radius 3 is 2.67 bits per heavy atom. The normalized spacial score (nSPS) is 17.4. The van der Waals surface area contributed by atoms with Crippen molar-refractivity contribution in [3.63, 3.8) is 0 Å². The van der Waals surface area contributed by atoms with Crippen LogP contribution in [0.25, 0.3) is 0 Å². The van der Waals surface area contributed by atoms with Gasteiger partial charge in [0.05, 0.1) is 19.3 Å². The van der Waals surface area contributed by atoms with E-state index in [0.717, 1.165) is 51.9 Å². The number of hydrogen-bond acceptors (Lipinski definition) is 4. The first kappa shape index (κ1) is 21.7. The van der Waals surface area contributed by atoms with Gasteiger partial charge in [0, 0.05) is 37.6 Å². The molecule has 24 heavy (non-hydrogen) atoms. The standard InChI is InChI=1S/C17H30N4OS.HI/c1-4-18-17(19-12-14(2)3)20-13-15(16-6-5-11-23-16)21-7-9-22-10-8-21;/h5-6,11,14-15H,4,7-10,12-13H2,1-3H3,(H2,18,19,20);1H. The zero-order valence-corrected chi connectivity index (χ0v) is 18.1. The molecule has 0 aliphatic carbocycles. The Morgan fingerprint density at radius 2 is 2.08 bits per heavy atom. The van der Waals surface area contributed by atoms with E-state index in [-0.39, 0.29) is 24.0 Å². The van der Waals surface area contributed by atoms with Crippen LogP contribution in [0.2, 0.25) is 0 Å². The molecule has 2 heterocycles. The van der Waals surface area contributed by atoms with Crippen LogP contribution < -0.4 is 10.6 Å². The third-order valence-electron chi connectivity index (χ3n) is 3.78. The molecule has 5 nitrogen and oxygen atoms in total. The first-order valence-corrected chi connectivity index (χ1v) is 9.46. The summed E-state index contributed by atoms with van der Waals surface area (Å²) in [6.45, 7) is 12.7. The number of nitrogens with zero attached hydrogens (tertiary/aromatic N) is 2. The maximum absolute atomic E-state index is 5.50. The van der Waals surface area contributed by atoms with Gasteiger partial charge in [0.25, 0.3) is 0 Å². The van der Waals surface area contributed by atoms with Crippen molar-refractivity contribution >= 4 is 41.3 Å². The molecule has 0 saturated carbocycles. The predicted octanol–water partition coefficient (Wildman–Crippen LogP) is 2.95. The maximum Gasteiger partial charge on any atom is 0.191 e. The molecule has 0 amide bonds. The summed E-state index contributed by atoms with van der Waals surface area (Å²) < 4.78 is 5.50. The predicted molar refractivity (Wildman–Crippen MR) is 114 cm³/mol. The summed E-state index contributed by atoms with van der Waals surface area (Å²) in [5.74, 6) is 1.48. The van der Waals surface area contributed by atoms with Gasteiger partial charge in [-0.25, -0.2) is 0 Å². The molecule has 1 unspecified atom stereocenters. The Bertz CT molecular complexity index is 461. The summed E-state index contributed by atoms with van der Waals surface area (Å²) in [5, 5.41) is 9.02.